The van der Waals surface area contributed by atoms with Gasteiger partial charge in [-0.25, -0.2) is 18.7 Å². The number of rotatable bonds is 5. The van der Waals surface area contributed by atoms with Gasteiger partial charge in [-0.15, -0.1) is 0 Å². The molecule has 2 fully saturated rings. The van der Waals surface area contributed by atoms with Crippen LogP contribution in [0.3, 0.4) is 0 Å². The van der Waals surface area contributed by atoms with Crippen LogP contribution in [0.25, 0.3) is 0 Å². The SMILES string of the molecule is OC[C@H]1CCCN(c2cc(N3CCN(CC(F)F)CC3)ncn2)C1. The van der Waals surface area contributed by atoms with Crippen molar-refractivity contribution >= 4 is 11.6 Å². The van der Waals surface area contributed by atoms with E-state index in [-0.39, 0.29) is 13.2 Å². The molecule has 6 nitrogen and oxygen atoms in total. The Hall–Kier alpha value is -1.54. The molecule has 2 aliphatic rings. The van der Waals surface area contributed by atoms with Crippen LogP contribution < -0.4 is 9.80 Å². The van der Waals surface area contributed by atoms with Gasteiger partial charge in [0.05, 0.1) is 6.54 Å². The summed E-state index contributed by atoms with van der Waals surface area (Å²) < 4.78 is 24.9. The van der Waals surface area contributed by atoms with E-state index < -0.39 is 6.43 Å². The zero-order chi connectivity index (χ0) is 16.9. The van der Waals surface area contributed by atoms with Crippen LogP contribution >= 0.6 is 0 Å². The predicted octanol–water partition coefficient (Wildman–Crippen LogP) is 1.07. The van der Waals surface area contributed by atoms with Crippen molar-refractivity contribution in [2.24, 2.45) is 5.92 Å². The van der Waals surface area contributed by atoms with E-state index in [9.17, 15) is 13.9 Å². The summed E-state index contributed by atoms with van der Waals surface area (Å²) in [5.41, 5.74) is 0. The number of anilines is 2. The number of aliphatic hydroxyl groups is 1. The van der Waals surface area contributed by atoms with Crippen LogP contribution in [0.2, 0.25) is 0 Å². The molecule has 134 valence electrons. The van der Waals surface area contributed by atoms with Crippen molar-refractivity contribution in [1.29, 1.82) is 0 Å². The van der Waals surface area contributed by atoms with E-state index >= 15 is 0 Å². The number of hydrogen-bond acceptors (Lipinski definition) is 6. The van der Waals surface area contributed by atoms with Crippen molar-refractivity contribution in [2.45, 2.75) is 19.3 Å². The third-order valence-corrected chi connectivity index (χ3v) is 4.83. The molecule has 0 saturated carbocycles. The molecule has 24 heavy (non-hydrogen) atoms. The second kappa shape index (κ2) is 8.02. The maximum absolute atomic E-state index is 12.5. The van der Waals surface area contributed by atoms with Crippen molar-refractivity contribution in [2.75, 3.05) is 62.2 Å². The second-order valence-corrected chi connectivity index (χ2v) is 6.55. The largest absolute Gasteiger partial charge is 0.396 e. The molecule has 8 heteroatoms. The first-order valence-electron chi connectivity index (χ1n) is 8.59. The number of halogens is 2. The molecule has 3 rings (SSSR count). The normalized spacial score (nSPS) is 23.1. The Morgan fingerprint density at radius 2 is 1.79 bits per heavy atom. The van der Waals surface area contributed by atoms with E-state index in [4.69, 9.17) is 0 Å². The summed E-state index contributed by atoms with van der Waals surface area (Å²) in [5.74, 6) is 2.03. The zero-order valence-corrected chi connectivity index (χ0v) is 13.8. The van der Waals surface area contributed by atoms with Gasteiger partial charge < -0.3 is 14.9 Å². The summed E-state index contributed by atoms with van der Waals surface area (Å²) in [5, 5.41) is 9.38. The molecule has 0 bridgehead atoms. The number of piperazine rings is 1. The van der Waals surface area contributed by atoms with E-state index in [1.165, 1.54) is 0 Å². The summed E-state index contributed by atoms with van der Waals surface area (Å²) in [6.07, 6.45) is 1.40. The van der Waals surface area contributed by atoms with Gasteiger partial charge in [0.15, 0.2) is 0 Å². The van der Waals surface area contributed by atoms with Gasteiger partial charge in [-0.05, 0) is 18.8 Å². The zero-order valence-electron chi connectivity index (χ0n) is 13.8. The van der Waals surface area contributed by atoms with Gasteiger partial charge in [0, 0.05) is 51.9 Å². The highest BCUT2D eigenvalue weighted by molar-refractivity contribution is 5.50. The first kappa shape index (κ1) is 17.3. The fraction of sp³-hybridized carbons (Fsp3) is 0.750. The summed E-state index contributed by atoms with van der Waals surface area (Å²) in [6, 6.07) is 1.97. The first-order chi connectivity index (χ1) is 11.7. The van der Waals surface area contributed by atoms with Crippen molar-refractivity contribution in [1.82, 2.24) is 14.9 Å². The molecule has 0 radical (unpaired) electrons. The molecule has 0 spiro atoms. The molecular formula is C16H25F2N5O. The van der Waals surface area contributed by atoms with Crippen LogP contribution in [-0.4, -0.2) is 78.8 Å². The fourth-order valence-electron chi connectivity index (χ4n) is 3.46. The van der Waals surface area contributed by atoms with Crippen molar-refractivity contribution in [3.8, 4) is 0 Å². The highest BCUT2D eigenvalue weighted by Crippen LogP contribution is 2.24. The van der Waals surface area contributed by atoms with Crippen molar-refractivity contribution in [3.05, 3.63) is 12.4 Å². The highest BCUT2D eigenvalue weighted by Gasteiger charge is 2.23. The predicted molar refractivity (Wildman–Crippen MR) is 88.7 cm³/mol. The fourth-order valence-corrected chi connectivity index (χ4v) is 3.46. The van der Waals surface area contributed by atoms with Gasteiger partial charge in [0.2, 0.25) is 0 Å². The molecular weight excluding hydrogens is 316 g/mol. The van der Waals surface area contributed by atoms with Gasteiger partial charge in [-0.1, -0.05) is 0 Å². The van der Waals surface area contributed by atoms with Gasteiger partial charge in [-0.3, -0.25) is 4.90 Å². The van der Waals surface area contributed by atoms with Crippen LogP contribution in [0.15, 0.2) is 12.4 Å². The molecule has 2 aliphatic heterocycles. The lowest BCUT2D eigenvalue weighted by Crippen LogP contribution is -2.48. The molecule has 1 atom stereocenters. The maximum atomic E-state index is 12.5. The highest BCUT2D eigenvalue weighted by atomic mass is 19.3. The lowest BCUT2D eigenvalue weighted by Gasteiger charge is -2.36. The Labute approximate surface area is 141 Å². The first-order valence-corrected chi connectivity index (χ1v) is 8.59. The van der Waals surface area contributed by atoms with E-state index in [0.717, 1.165) is 37.6 Å². The second-order valence-electron chi connectivity index (χ2n) is 6.55. The van der Waals surface area contributed by atoms with E-state index in [1.807, 2.05) is 6.07 Å². The molecule has 0 unspecified atom stereocenters. The van der Waals surface area contributed by atoms with Crippen LogP contribution in [0.4, 0.5) is 20.4 Å². The van der Waals surface area contributed by atoms with Gasteiger partial charge in [-0.2, -0.15) is 0 Å². The molecule has 0 aromatic carbocycles. The summed E-state index contributed by atoms with van der Waals surface area (Å²) in [7, 11) is 0. The molecule has 2 saturated heterocycles. The maximum Gasteiger partial charge on any atom is 0.251 e. The summed E-state index contributed by atoms with van der Waals surface area (Å²) >= 11 is 0. The van der Waals surface area contributed by atoms with Crippen molar-refractivity contribution in [3.63, 3.8) is 0 Å². The topological polar surface area (TPSA) is 55.7 Å². The standard InChI is InChI=1S/C16H25F2N5O/c17-14(18)10-21-4-6-22(7-5-21)15-8-16(20-12-19-15)23-3-1-2-13(9-23)11-24/h8,12-14,24H,1-7,9-11H2/t13-/m0/s1. The van der Waals surface area contributed by atoms with Crippen LogP contribution in [-0.2, 0) is 0 Å². The number of hydrogen-bond donors (Lipinski definition) is 1. The summed E-state index contributed by atoms with van der Waals surface area (Å²) in [6.45, 7) is 4.45. The smallest absolute Gasteiger partial charge is 0.251 e. The number of alkyl halides is 2. The monoisotopic (exact) mass is 341 g/mol. The van der Waals surface area contributed by atoms with Crippen LogP contribution in [0.5, 0.6) is 0 Å². The Balaban J connectivity index is 1.61. The minimum absolute atomic E-state index is 0.154. The molecule has 0 aliphatic carbocycles. The minimum Gasteiger partial charge on any atom is -0.396 e. The quantitative estimate of drug-likeness (QED) is 0.865. The van der Waals surface area contributed by atoms with E-state index in [2.05, 4.69) is 19.8 Å². The Bertz CT molecular complexity index is 525. The number of aromatic nitrogens is 2. The van der Waals surface area contributed by atoms with Gasteiger partial charge >= 0.3 is 0 Å². The van der Waals surface area contributed by atoms with Gasteiger partial charge in [0.1, 0.15) is 18.0 Å². The average Bonchev–Trinajstić information content (AvgIpc) is 2.62. The van der Waals surface area contributed by atoms with Gasteiger partial charge in [0.25, 0.3) is 6.43 Å². The van der Waals surface area contributed by atoms with Crippen LogP contribution in [0, 0.1) is 5.92 Å². The average molecular weight is 341 g/mol. The number of nitrogens with zero attached hydrogens (tertiary/aromatic N) is 5. The van der Waals surface area contributed by atoms with Crippen molar-refractivity contribution < 1.29 is 13.9 Å². The van der Waals surface area contributed by atoms with E-state index in [0.29, 0.717) is 32.1 Å². The molecule has 0 amide bonds. The Kier molecular flexibility index (Phi) is 5.78. The number of aliphatic hydroxyl groups excluding tert-OH is 1. The third kappa shape index (κ3) is 4.30. The minimum atomic E-state index is -2.28. The Morgan fingerprint density at radius 1 is 1.08 bits per heavy atom. The molecule has 1 N–H and O–H groups in total. The Morgan fingerprint density at radius 3 is 2.46 bits per heavy atom. The molecule has 1 aromatic heterocycles. The molecule has 1 aromatic rings. The third-order valence-electron chi connectivity index (χ3n) is 4.83. The lowest BCUT2D eigenvalue weighted by atomic mass is 9.99. The van der Waals surface area contributed by atoms with E-state index in [1.54, 1.807) is 11.2 Å². The number of piperidine rings is 1. The molecule has 3 heterocycles. The van der Waals surface area contributed by atoms with Crippen LogP contribution in [0.1, 0.15) is 12.8 Å². The summed E-state index contributed by atoms with van der Waals surface area (Å²) in [4.78, 5) is 14.8. The lowest BCUT2D eigenvalue weighted by molar-refractivity contribution is 0.0854.